The summed E-state index contributed by atoms with van der Waals surface area (Å²) in [5, 5.41) is 20.8. The number of furan rings is 1. The summed E-state index contributed by atoms with van der Waals surface area (Å²) in [5.74, 6) is 0.317. The number of benzene rings is 2. The molecule has 1 N–H and O–H groups in total. The second-order valence-electron chi connectivity index (χ2n) is 5.30. The van der Waals surface area contributed by atoms with Gasteiger partial charge in [0.05, 0.1) is 10.6 Å². The molecule has 136 valence electrons. The first-order valence-electron chi connectivity index (χ1n) is 7.84. The average Bonchev–Trinajstić information content (AvgIpc) is 3.13. The number of nitro groups is 1. The number of carbonyl (C=O) groups is 1. The average molecular weight is 366 g/mol. The molecule has 0 aliphatic carbocycles. The first-order chi connectivity index (χ1) is 13.1. The van der Waals surface area contributed by atoms with E-state index in [0.29, 0.717) is 5.69 Å². The summed E-state index contributed by atoms with van der Waals surface area (Å²) in [6.45, 7) is 0.139. The van der Waals surface area contributed by atoms with Gasteiger partial charge < -0.3 is 9.15 Å². The van der Waals surface area contributed by atoms with E-state index in [4.69, 9.17) is 9.15 Å². The van der Waals surface area contributed by atoms with E-state index in [0.717, 1.165) is 5.56 Å². The predicted octanol–water partition coefficient (Wildman–Crippen LogP) is 5.35. The number of nitrogens with zero attached hydrogens (tertiary/aromatic N) is 3. The van der Waals surface area contributed by atoms with E-state index in [1.165, 1.54) is 36.4 Å². The second kappa shape index (κ2) is 8.39. The minimum atomic E-state index is -0.660. The molecule has 3 rings (SSSR count). The number of anilines is 1. The van der Waals surface area contributed by atoms with Crippen LogP contribution in [0.4, 0.5) is 27.9 Å². The number of rotatable bonds is 6. The Morgan fingerprint density at radius 3 is 2.48 bits per heavy atom. The summed E-state index contributed by atoms with van der Waals surface area (Å²) in [7, 11) is 0. The third kappa shape index (κ3) is 5.23. The monoisotopic (exact) mass is 366 g/mol. The van der Waals surface area contributed by atoms with Crippen LogP contribution in [-0.4, -0.2) is 11.0 Å². The van der Waals surface area contributed by atoms with Gasteiger partial charge in [-0.2, -0.15) is 0 Å². The van der Waals surface area contributed by atoms with Gasteiger partial charge in [-0.15, -0.1) is 10.2 Å². The first-order valence-corrected chi connectivity index (χ1v) is 7.84. The highest BCUT2D eigenvalue weighted by atomic mass is 16.6. The van der Waals surface area contributed by atoms with Gasteiger partial charge >= 0.3 is 6.09 Å². The summed E-state index contributed by atoms with van der Waals surface area (Å²) in [6, 6.07) is 17.9. The zero-order valence-electron chi connectivity index (χ0n) is 13.9. The molecule has 0 saturated carbocycles. The van der Waals surface area contributed by atoms with E-state index in [2.05, 4.69) is 15.5 Å². The molecular formula is C18H14N4O5. The SMILES string of the molecule is O=C(Nc1ccc(N=Nc2ccc([N+](=O)[O-])cc2)o1)OCc1ccccc1. The van der Waals surface area contributed by atoms with Crippen LogP contribution >= 0.6 is 0 Å². The van der Waals surface area contributed by atoms with Gasteiger partial charge in [0.2, 0.25) is 11.8 Å². The van der Waals surface area contributed by atoms with E-state index in [1.807, 2.05) is 30.3 Å². The number of nitrogens with one attached hydrogen (secondary N) is 1. The molecular weight excluding hydrogens is 352 g/mol. The largest absolute Gasteiger partial charge is 0.444 e. The van der Waals surface area contributed by atoms with E-state index < -0.39 is 11.0 Å². The number of hydrogen-bond donors (Lipinski definition) is 1. The number of nitro benzene ring substituents is 1. The molecule has 0 bridgehead atoms. The van der Waals surface area contributed by atoms with Crippen LogP contribution < -0.4 is 5.32 Å². The molecule has 1 amide bonds. The Morgan fingerprint density at radius 2 is 1.78 bits per heavy atom. The minimum Gasteiger partial charge on any atom is -0.444 e. The van der Waals surface area contributed by atoms with Crippen LogP contribution in [-0.2, 0) is 11.3 Å². The molecule has 0 atom stereocenters. The fraction of sp³-hybridized carbons (Fsp3) is 0.0556. The lowest BCUT2D eigenvalue weighted by molar-refractivity contribution is -0.384. The van der Waals surface area contributed by atoms with Crippen molar-refractivity contribution in [1.29, 1.82) is 0 Å². The van der Waals surface area contributed by atoms with Gasteiger partial charge in [-0.05, 0) is 17.7 Å². The summed E-state index contributed by atoms with van der Waals surface area (Å²) in [4.78, 5) is 21.9. The zero-order valence-corrected chi connectivity index (χ0v) is 13.9. The van der Waals surface area contributed by atoms with Crippen LogP contribution in [0, 0.1) is 10.1 Å². The molecule has 9 nitrogen and oxygen atoms in total. The highest BCUT2D eigenvalue weighted by Crippen LogP contribution is 2.24. The predicted molar refractivity (Wildman–Crippen MR) is 96.2 cm³/mol. The molecule has 0 saturated heterocycles. The van der Waals surface area contributed by atoms with Crippen molar-refractivity contribution < 1.29 is 18.9 Å². The summed E-state index contributed by atoms with van der Waals surface area (Å²) in [5.41, 5.74) is 1.26. The number of carbonyl (C=O) groups excluding carboxylic acids is 1. The lowest BCUT2D eigenvalue weighted by atomic mass is 10.2. The maximum absolute atomic E-state index is 11.8. The van der Waals surface area contributed by atoms with Crippen molar-refractivity contribution in [2.45, 2.75) is 6.61 Å². The van der Waals surface area contributed by atoms with Crippen molar-refractivity contribution in [3.05, 3.63) is 82.4 Å². The van der Waals surface area contributed by atoms with Crippen molar-refractivity contribution in [3.63, 3.8) is 0 Å². The Labute approximate surface area is 153 Å². The fourth-order valence-electron chi connectivity index (χ4n) is 2.06. The van der Waals surface area contributed by atoms with Crippen molar-refractivity contribution in [2.75, 3.05) is 5.32 Å². The van der Waals surface area contributed by atoms with E-state index >= 15 is 0 Å². The fourth-order valence-corrected chi connectivity index (χ4v) is 2.06. The third-order valence-electron chi connectivity index (χ3n) is 3.35. The van der Waals surface area contributed by atoms with Gasteiger partial charge in [0, 0.05) is 24.3 Å². The Hall–Kier alpha value is -4.01. The normalized spacial score (nSPS) is 10.7. The summed E-state index contributed by atoms with van der Waals surface area (Å²) < 4.78 is 10.4. The van der Waals surface area contributed by atoms with Crippen molar-refractivity contribution in [3.8, 4) is 0 Å². The van der Waals surface area contributed by atoms with Gasteiger partial charge in [-0.25, -0.2) is 4.79 Å². The molecule has 9 heteroatoms. The zero-order chi connectivity index (χ0) is 19.1. The Bertz CT molecular complexity index is 951. The molecule has 0 radical (unpaired) electrons. The topological polar surface area (TPSA) is 119 Å². The smallest absolute Gasteiger partial charge is 0.414 e. The van der Waals surface area contributed by atoms with Crippen molar-refractivity contribution in [1.82, 2.24) is 0 Å². The number of hydrogen-bond acceptors (Lipinski definition) is 7. The molecule has 0 spiro atoms. The van der Waals surface area contributed by atoms with Gasteiger partial charge in [0.15, 0.2) is 0 Å². The number of non-ortho nitro benzene ring substituents is 1. The van der Waals surface area contributed by atoms with E-state index in [1.54, 1.807) is 0 Å². The molecule has 0 aliphatic heterocycles. The second-order valence-corrected chi connectivity index (χ2v) is 5.30. The van der Waals surface area contributed by atoms with Gasteiger partial charge in [-0.3, -0.25) is 15.4 Å². The lowest BCUT2D eigenvalue weighted by Gasteiger charge is -2.04. The van der Waals surface area contributed by atoms with Crippen LogP contribution in [0.25, 0.3) is 0 Å². The lowest BCUT2D eigenvalue weighted by Crippen LogP contribution is -2.12. The van der Waals surface area contributed by atoms with E-state index in [-0.39, 0.29) is 24.1 Å². The summed E-state index contributed by atoms with van der Waals surface area (Å²) in [6.07, 6.45) is -0.660. The van der Waals surface area contributed by atoms with Crippen molar-refractivity contribution in [2.24, 2.45) is 10.2 Å². The Kier molecular flexibility index (Phi) is 5.53. The molecule has 1 heterocycles. The number of ether oxygens (including phenoxy) is 1. The molecule has 2 aromatic carbocycles. The van der Waals surface area contributed by atoms with Crippen LogP contribution in [0.1, 0.15) is 5.56 Å². The maximum atomic E-state index is 11.8. The summed E-state index contributed by atoms with van der Waals surface area (Å²) >= 11 is 0. The standard InChI is InChI=1S/C18H14N4O5/c23-18(26-12-13-4-2-1-3-5-13)19-16-10-11-17(27-16)21-20-14-6-8-15(9-7-14)22(24)25/h1-11H,12H2,(H,19,23). The van der Waals surface area contributed by atoms with Crippen LogP contribution in [0.5, 0.6) is 0 Å². The van der Waals surface area contributed by atoms with Crippen molar-refractivity contribution >= 4 is 29.2 Å². The van der Waals surface area contributed by atoms with Crippen LogP contribution in [0.15, 0.2) is 81.4 Å². The molecule has 0 aliphatic rings. The van der Waals surface area contributed by atoms with E-state index in [9.17, 15) is 14.9 Å². The van der Waals surface area contributed by atoms with Gasteiger partial charge in [0.25, 0.3) is 5.69 Å². The Morgan fingerprint density at radius 1 is 1.04 bits per heavy atom. The van der Waals surface area contributed by atoms with Crippen LogP contribution in [0.3, 0.4) is 0 Å². The quantitative estimate of drug-likeness (QED) is 0.358. The Balaban J connectivity index is 1.53. The van der Waals surface area contributed by atoms with Gasteiger partial charge in [0.1, 0.15) is 6.61 Å². The highest BCUT2D eigenvalue weighted by Gasteiger charge is 2.08. The highest BCUT2D eigenvalue weighted by molar-refractivity contribution is 5.83. The molecule has 3 aromatic rings. The molecule has 0 fully saturated rings. The van der Waals surface area contributed by atoms with Crippen LogP contribution in [0.2, 0.25) is 0 Å². The number of azo groups is 1. The maximum Gasteiger partial charge on any atom is 0.414 e. The number of amides is 1. The minimum absolute atomic E-state index is 0.0348. The molecule has 27 heavy (non-hydrogen) atoms. The third-order valence-corrected chi connectivity index (χ3v) is 3.35. The first kappa shape index (κ1) is 17.8. The molecule has 0 unspecified atom stereocenters. The molecule has 1 aromatic heterocycles. The van der Waals surface area contributed by atoms with Gasteiger partial charge in [-0.1, -0.05) is 30.3 Å².